The van der Waals surface area contributed by atoms with E-state index in [1.165, 1.54) is 17.7 Å². The van der Waals surface area contributed by atoms with Crippen LogP contribution in [0, 0.1) is 0 Å². The Bertz CT molecular complexity index is 229. The predicted molar refractivity (Wildman–Crippen MR) is 55.0 cm³/mol. The van der Waals surface area contributed by atoms with E-state index in [0.29, 0.717) is 6.10 Å². The number of ether oxygens (including phenoxy) is 1. The van der Waals surface area contributed by atoms with E-state index in [1.54, 1.807) is 11.3 Å². The molecule has 0 aromatic carbocycles. The maximum Gasteiger partial charge on any atom is 0.0700 e. The highest BCUT2D eigenvalue weighted by atomic mass is 32.1. The lowest BCUT2D eigenvalue weighted by Gasteiger charge is -2.09. The Morgan fingerprint density at radius 1 is 1.62 bits per heavy atom. The van der Waals surface area contributed by atoms with Crippen LogP contribution in [-0.2, 0) is 11.3 Å². The van der Waals surface area contributed by atoms with Gasteiger partial charge in [0.15, 0.2) is 0 Å². The minimum absolute atomic E-state index is 0.458. The lowest BCUT2D eigenvalue weighted by atomic mass is 10.2. The van der Waals surface area contributed by atoms with Crippen LogP contribution in [-0.4, -0.2) is 19.3 Å². The maximum absolute atomic E-state index is 5.51. The van der Waals surface area contributed by atoms with Gasteiger partial charge in [0.1, 0.15) is 0 Å². The normalized spacial score (nSPS) is 22.3. The Kier molecular flexibility index (Phi) is 3.35. The molecule has 1 aromatic rings. The highest BCUT2D eigenvalue weighted by Gasteiger charge is 2.14. The Morgan fingerprint density at radius 2 is 2.62 bits per heavy atom. The van der Waals surface area contributed by atoms with Crippen molar-refractivity contribution in [3.63, 3.8) is 0 Å². The molecule has 0 spiro atoms. The van der Waals surface area contributed by atoms with Crippen LogP contribution in [0.1, 0.15) is 17.7 Å². The monoisotopic (exact) mass is 197 g/mol. The number of rotatable bonds is 4. The zero-order valence-electron chi connectivity index (χ0n) is 7.66. The summed E-state index contributed by atoms with van der Waals surface area (Å²) in [6.07, 6.45) is 2.91. The molecule has 2 rings (SSSR count). The van der Waals surface area contributed by atoms with Gasteiger partial charge in [-0.15, -0.1) is 11.3 Å². The first-order valence-electron chi connectivity index (χ1n) is 4.80. The fourth-order valence-electron chi connectivity index (χ4n) is 1.57. The van der Waals surface area contributed by atoms with Crippen molar-refractivity contribution in [2.24, 2.45) is 0 Å². The third-order valence-electron chi connectivity index (χ3n) is 2.28. The van der Waals surface area contributed by atoms with Gasteiger partial charge in [0.2, 0.25) is 0 Å². The summed E-state index contributed by atoms with van der Waals surface area (Å²) in [5.41, 5.74) is 0. The molecule has 13 heavy (non-hydrogen) atoms. The van der Waals surface area contributed by atoms with Crippen LogP contribution >= 0.6 is 11.3 Å². The summed E-state index contributed by atoms with van der Waals surface area (Å²) in [6.45, 7) is 2.93. The second-order valence-corrected chi connectivity index (χ2v) is 4.38. The summed E-state index contributed by atoms with van der Waals surface area (Å²) in [5.74, 6) is 0. The zero-order valence-corrected chi connectivity index (χ0v) is 8.48. The van der Waals surface area contributed by atoms with E-state index in [4.69, 9.17) is 4.74 Å². The first-order valence-corrected chi connectivity index (χ1v) is 5.68. The summed E-state index contributed by atoms with van der Waals surface area (Å²) < 4.78 is 5.51. The molecule has 1 aliphatic heterocycles. The van der Waals surface area contributed by atoms with Gasteiger partial charge in [0.25, 0.3) is 0 Å². The molecular weight excluding hydrogens is 182 g/mol. The molecule has 1 saturated heterocycles. The quantitative estimate of drug-likeness (QED) is 0.797. The largest absolute Gasteiger partial charge is 0.377 e. The minimum Gasteiger partial charge on any atom is -0.377 e. The third-order valence-corrected chi connectivity index (χ3v) is 3.15. The Labute approximate surface area is 82.9 Å². The van der Waals surface area contributed by atoms with Crippen molar-refractivity contribution in [2.75, 3.05) is 13.2 Å². The molecule has 0 aliphatic carbocycles. The summed E-state index contributed by atoms with van der Waals surface area (Å²) in [6, 6.07) is 4.25. The fraction of sp³-hybridized carbons (Fsp3) is 0.600. The minimum atomic E-state index is 0.458. The van der Waals surface area contributed by atoms with Crippen molar-refractivity contribution in [3.05, 3.63) is 22.4 Å². The van der Waals surface area contributed by atoms with Gasteiger partial charge in [-0.2, -0.15) is 0 Å². The van der Waals surface area contributed by atoms with Crippen molar-refractivity contribution < 1.29 is 4.74 Å². The van der Waals surface area contributed by atoms with Crippen LogP contribution in [0.4, 0.5) is 0 Å². The van der Waals surface area contributed by atoms with Crippen LogP contribution < -0.4 is 5.32 Å². The molecule has 0 radical (unpaired) electrons. The highest BCUT2D eigenvalue weighted by molar-refractivity contribution is 7.09. The van der Waals surface area contributed by atoms with Crippen molar-refractivity contribution >= 4 is 11.3 Å². The second kappa shape index (κ2) is 4.74. The van der Waals surface area contributed by atoms with Gasteiger partial charge in [-0.05, 0) is 24.3 Å². The molecule has 0 amide bonds. The molecule has 0 saturated carbocycles. The van der Waals surface area contributed by atoms with Gasteiger partial charge in [0.05, 0.1) is 6.10 Å². The Morgan fingerprint density at radius 3 is 3.31 bits per heavy atom. The molecule has 1 aromatic heterocycles. The van der Waals surface area contributed by atoms with Gasteiger partial charge in [-0.3, -0.25) is 0 Å². The van der Waals surface area contributed by atoms with E-state index < -0.39 is 0 Å². The van der Waals surface area contributed by atoms with Crippen LogP contribution in [0.25, 0.3) is 0 Å². The molecule has 0 bridgehead atoms. The van der Waals surface area contributed by atoms with Crippen molar-refractivity contribution in [3.8, 4) is 0 Å². The number of hydrogen-bond acceptors (Lipinski definition) is 3. The van der Waals surface area contributed by atoms with E-state index in [2.05, 4.69) is 22.8 Å². The molecule has 1 aliphatic rings. The standard InChI is InChI=1S/C10H15NOS/c1-3-9(12-5-1)7-11-8-10-4-2-6-13-10/h2,4,6,9,11H,1,3,5,7-8H2. The molecule has 1 atom stereocenters. The lowest BCUT2D eigenvalue weighted by Crippen LogP contribution is -2.25. The highest BCUT2D eigenvalue weighted by Crippen LogP contribution is 2.11. The molecule has 1 fully saturated rings. The van der Waals surface area contributed by atoms with Gasteiger partial charge >= 0.3 is 0 Å². The average Bonchev–Trinajstić information content (AvgIpc) is 2.75. The van der Waals surface area contributed by atoms with Gasteiger partial charge in [-0.1, -0.05) is 6.07 Å². The lowest BCUT2D eigenvalue weighted by molar-refractivity contribution is 0.110. The number of thiophene rings is 1. The smallest absolute Gasteiger partial charge is 0.0700 e. The van der Waals surface area contributed by atoms with Gasteiger partial charge in [0, 0.05) is 24.6 Å². The molecule has 2 heterocycles. The zero-order chi connectivity index (χ0) is 8.93. The maximum atomic E-state index is 5.51. The molecule has 1 unspecified atom stereocenters. The number of nitrogens with one attached hydrogen (secondary N) is 1. The summed E-state index contributed by atoms with van der Waals surface area (Å²) in [4.78, 5) is 1.40. The molecule has 3 heteroatoms. The van der Waals surface area contributed by atoms with Gasteiger partial charge in [-0.25, -0.2) is 0 Å². The Hall–Kier alpha value is -0.380. The average molecular weight is 197 g/mol. The Balaban J connectivity index is 1.63. The van der Waals surface area contributed by atoms with Crippen LogP contribution in [0.15, 0.2) is 17.5 Å². The molecule has 1 N–H and O–H groups in total. The van der Waals surface area contributed by atoms with E-state index in [0.717, 1.165) is 19.7 Å². The first kappa shape index (κ1) is 9.19. The van der Waals surface area contributed by atoms with E-state index in [-0.39, 0.29) is 0 Å². The fourth-order valence-corrected chi connectivity index (χ4v) is 2.25. The van der Waals surface area contributed by atoms with E-state index in [1.807, 2.05) is 0 Å². The third kappa shape index (κ3) is 2.79. The summed E-state index contributed by atoms with van der Waals surface area (Å²) in [7, 11) is 0. The SMILES string of the molecule is c1csc(CNCC2CCCO2)c1. The van der Waals surface area contributed by atoms with Crippen LogP contribution in [0.5, 0.6) is 0 Å². The van der Waals surface area contributed by atoms with Crippen molar-refractivity contribution in [2.45, 2.75) is 25.5 Å². The van der Waals surface area contributed by atoms with Crippen molar-refractivity contribution in [1.29, 1.82) is 0 Å². The summed E-state index contributed by atoms with van der Waals surface area (Å²) in [5, 5.41) is 5.53. The van der Waals surface area contributed by atoms with Crippen LogP contribution in [0.2, 0.25) is 0 Å². The number of hydrogen-bond donors (Lipinski definition) is 1. The predicted octanol–water partition coefficient (Wildman–Crippen LogP) is 2.02. The van der Waals surface area contributed by atoms with E-state index >= 15 is 0 Å². The van der Waals surface area contributed by atoms with Crippen LogP contribution in [0.3, 0.4) is 0 Å². The van der Waals surface area contributed by atoms with E-state index in [9.17, 15) is 0 Å². The van der Waals surface area contributed by atoms with Gasteiger partial charge < -0.3 is 10.1 Å². The van der Waals surface area contributed by atoms with Crippen molar-refractivity contribution in [1.82, 2.24) is 5.32 Å². The summed E-state index contributed by atoms with van der Waals surface area (Å²) >= 11 is 1.80. The topological polar surface area (TPSA) is 21.3 Å². The molecular formula is C10H15NOS. The molecule has 2 nitrogen and oxygen atoms in total. The second-order valence-electron chi connectivity index (χ2n) is 3.35. The molecule has 72 valence electrons. The first-order chi connectivity index (χ1) is 6.45.